The summed E-state index contributed by atoms with van der Waals surface area (Å²) in [5.41, 5.74) is 2.14. The van der Waals surface area contributed by atoms with Gasteiger partial charge in [-0.2, -0.15) is 0 Å². The second-order valence-corrected chi connectivity index (χ2v) is 5.06. The average Bonchev–Trinajstić information content (AvgIpc) is 2.70. The van der Waals surface area contributed by atoms with Gasteiger partial charge in [-0.05, 0) is 38.7 Å². The summed E-state index contributed by atoms with van der Waals surface area (Å²) in [6.07, 6.45) is 4.14. The van der Waals surface area contributed by atoms with Crippen LogP contribution < -0.4 is 5.32 Å². The lowest BCUT2D eigenvalue weighted by Gasteiger charge is -2.20. The van der Waals surface area contributed by atoms with Gasteiger partial charge in [0.05, 0.1) is 5.69 Å². The van der Waals surface area contributed by atoms with Crippen molar-refractivity contribution in [2.24, 2.45) is 5.92 Å². The third-order valence-electron chi connectivity index (χ3n) is 3.02. The van der Waals surface area contributed by atoms with Gasteiger partial charge in [-0.15, -0.1) is 0 Å². The van der Waals surface area contributed by atoms with Gasteiger partial charge in [0.15, 0.2) is 0 Å². The van der Waals surface area contributed by atoms with Gasteiger partial charge >= 0.3 is 0 Å². The molecule has 4 nitrogen and oxygen atoms in total. The summed E-state index contributed by atoms with van der Waals surface area (Å²) in [4.78, 5) is 6.93. The van der Waals surface area contributed by atoms with E-state index in [1.54, 1.807) is 0 Å². The van der Waals surface area contributed by atoms with E-state index in [1.165, 1.54) is 0 Å². The average molecular weight is 246 g/mol. The Hall–Kier alpha value is -1.39. The first-order valence-corrected chi connectivity index (χ1v) is 6.45. The van der Waals surface area contributed by atoms with Gasteiger partial charge in [0, 0.05) is 25.5 Å². The minimum absolute atomic E-state index is 0.650. The molecule has 0 saturated carbocycles. The second kappa shape index (κ2) is 5.98. The number of imidazole rings is 1. The predicted octanol–water partition coefficient (Wildman–Crippen LogP) is 1.62. The Morgan fingerprint density at radius 1 is 1.44 bits per heavy atom. The molecule has 1 atom stereocenters. The molecule has 2 aromatic rings. The van der Waals surface area contributed by atoms with Gasteiger partial charge in [-0.1, -0.05) is 13.0 Å². The van der Waals surface area contributed by atoms with E-state index in [2.05, 4.69) is 39.8 Å². The zero-order valence-corrected chi connectivity index (χ0v) is 11.4. The van der Waals surface area contributed by atoms with E-state index in [0.29, 0.717) is 5.92 Å². The number of nitrogens with zero attached hydrogens (tertiary/aromatic N) is 3. The number of hydrogen-bond acceptors (Lipinski definition) is 3. The molecule has 2 aromatic heterocycles. The van der Waals surface area contributed by atoms with Crippen molar-refractivity contribution in [3.8, 4) is 0 Å². The van der Waals surface area contributed by atoms with Gasteiger partial charge < -0.3 is 14.6 Å². The van der Waals surface area contributed by atoms with Crippen molar-refractivity contribution in [3.63, 3.8) is 0 Å². The van der Waals surface area contributed by atoms with Crippen LogP contribution in [0.2, 0.25) is 0 Å². The van der Waals surface area contributed by atoms with Gasteiger partial charge in [0.1, 0.15) is 5.65 Å². The molecule has 98 valence electrons. The number of pyridine rings is 1. The Balaban J connectivity index is 1.96. The van der Waals surface area contributed by atoms with Crippen molar-refractivity contribution in [1.29, 1.82) is 0 Å². The van der Waals surface area contributed by atoms with Crippen LogP contribution in [0.4, 0.5) is 0 Å². The molecule has 0 aliphatic carbocycles. The molecule has 2 rings (SSSR count). The zero-order valence-electron chi connectivity index (χ0n) is 11.4. The summed E-state index contributed by atoms with van der Waals surface area (Å²) in [6.45, 7) is 5.29. The first-order chi connectivity index (χ1) is 8.69. The van der Waals surface area contributed by atoms with Crippen LogP contribution in [0.1, 0.15) is 12.6 Å². The molecule has 0 aliphatic heterocycles. The zero-order chi connectivity index (χ0) is 13.0. The molecule has 0 aromatic carbocycles. The van der Waals surface area contributed by atoms with Crippen molar-refractivity contribution in [2.75, 3.05) is 27.2 Å². The van der Waals surface area contributed by atoms with Crippen molar-refractivity contribution in [3.05, 3.63) is 36.3 Å². The molecule has 2 heterocycles. The molecule has 0 aliphatic rings. The van der Waals surface area contributed by atoms with Gasteiger partial charge in [-0.3, -0.25) is 0 Å². The molecule has 0 saturated heterocycles. The van der Waals surface area contributed by atoms with E-state index in [4.69, 9.17) is 0 Å². The smallest absolute Gasteiger partial charge is 0.137 e. The monoisotopic (exact) mass is 246 g/mol. The van der Waals surface area contributed by atoms with Gasteiger partial charge in [0.2, 0.25) is 0 Å². The van der Waals surface area contributed by atoms with E-state index in [1.807, 2.05) is 31.4 Å². The molecule has 4 heteroatoms. The second-order valence-electron chi connectivity index (χ2n) is 5.06. The van der Waals surface area contributed by atoms with Crippen LogP contribution >= 0.6 is 0 Å². The highest BCUT2D eigenvalue weighted by molar-refractivity contribution is 5.39. The predicted molar refractivity (Wildman–Crippen MR) is 74.6 cm³/mol. The third-order valence-corrected chi connectivity index (χ3v) is 3.02. The number of nitrogens with one attached hydrogen (secondary N) is 1. The van der Waals surface area contributed by atoms with E-state index >= 15 is 0 Å². The van der Waals surface area contributed by atoms with Crippen LogP contribution in [-0.2, 0) is 6.54 Å². The topological polar surface area (TPSA) is 32.6 Å². The maximum absolute atomic E-state index is 4.61. The fourth-order valence-electron chi connectivity index (χ4n) is 2.35. The van der Waals surface area contributed by atoms with E-state index in [9.17, 15) is 0 Å². The van der Waals surface area contributed by atoms with Crippen LogP contribution in [0, 0.1) is 5.92 Å². The summed E-state index contributed by atoms with van der Waals surface area (Å²) in [5, 5.41) is 3.21. The maximum Gasteiger partial charge on any atom is 0.137 e. The van der Waals surface area contributed by atoms with Gasteiger partial charge in [-0.25, -0.2) is 4.98 Å². The minimum atomic E-state index is 0.650. The number of rotatable bonds is 6. The molecular weight excluding hydrogens is 224 g/mol. The quantitative estimate of drug-likeness (QED) is 0.840. The lowest BCUT2D eigenvalue weighted by atomic mass is 10.1. The van der Waals surface area contributed by atoms with Crippen LogP contribution in [0.5, 0.6) is 0 Å². The first kappa shape index (κ1) is 13.1. The molecule has 0 radical (unpaired) electrons. The Bertz CT molecular complexity index is 458. The Labute approximate surface area is 109 Å². The summed E-state index contributed by atoms with van der Waals surface area (Å²) in [7, 11) is 4.15. The van der Waals surface area contributed by atoms with Gasteiger partial charge in [0.25, 0.3) is 0 Å². The molecule has 0 spiro atoms. The lowest BCUT2D eigenvalue weighted by molar-refractivity contribution is 0.274. The molecule has 1 unspecified atom stereocenters. The largest absolute Gasteiger partial charge is 0.319 e. The molecule has 0 bridgehead atoms. The van der Waals surface area contributed by atoms with E-state index < -0.39 is 0 Å². The Kier molecular flexibility index (Phi) is 4.33. The number of fused-ring (bicyclic) bond motifs is 1. The molecule has 1 N–H and O–H groups in total. The van der Waals surface area contributed by atoms with Crippen LogP contribution in [-0.4, -0.2) is 41.5 Å². The van der Waals surface area contributed by atoms with Crippen LogP contribution in [0.15, 0.2) is 30.6 Å². The highest BCUT2D eigenvalue weighted by atomic mass is 15.1. The summed E-state index contributed by atoms with van der Waals surface area (Å²) < 4.78 is 2.07. The van der Waals surface area contributed by atoms with E-state index in [0.717, 1.165) is 31.0 Å². The third kappa shape index (κ3) is 3.31. The maximum atomic E-state index is 4.61. The van der Waals surface area contributed by atoms with Crippen LogP contribution in [0.25, 0.3) is 5.65 Å². The lowest BCUT2D eigenvalue weighted by Crippen LogP contribution is -2.29. The fourth-order valence-corrected chi connectivity index (χ4v) is 2.35. The first-order valence-electron chi connectivity index (χ1n) is 6.45. The standard InChI is InChI=1S/C14H22N4/c1-12(8-15-2)9-17(3)10-13-11-18-7-5-4-6-14(18)16-13/h4-7,11-12,15H,8-10H2,1-3H3. The molecular formula is C14H22N4. The number of aromatic nitrogens is 2. The summed E-state index contributed by atoms with van der Waals surface area (Å²) in [5.74, 6) is 0.650. The summed E-state index contributed by atoms with van der Waals surface area (Å²) in [6, 6.07) is 6.08. The van der Waals surface area contributed by atoms with Crippen molar-refractivity contribution in [1.82, 2.24) is 19.6 Å². The van der Waals surface area contributed by atoms with Crippen molar-refractivity contribution >= 4 is 5.65 Å². The molecule has 0 fully saturated rings. The van der Waals surface area contributed by atoms with Crippen molar-refractivity contribution < 1.29 is 0 Å². The van der Waals surface area contributed by atoms with Crippen molar-refractivity contribution in [2.45, 2.75) is 13.5 Å². The molecule has 18 heavy (non-hydrogen) atoms. The minimum Gasteiger partial charge on any atom is -0.319 e. The SMILES string of the molecule is CNCC(C)CN(C)Cc1cn2ccccc2n1. The molecule has 0 amide bonds. The highest BCUT2D eigenvalue weighted by Crippen LogP contribution is 2.07. The van der Waals surface area contributed by atoms with Crippen LogP contribution in [0.3, 0.4) is 0 Å². The normalized spacial score (nSPS) is 13.3. The Morgan fingerprint density at radius 2 is 2.28 bits per heavy atom. The number of hydrogen-bond donors (Lipinski definition) is 1. The Morgan fingerprint density at radius 3 is 3.00 bits per heavy atom. The van der Waals surface area contributed by atoms with E-state index in [-0.39, 0.29) is 0 Å². The summed E-state index contributed by atoms with van der Waals surface area (Å²) >= 11 is 0. The fraction of sp³-hybridized carbons (Fsp3) is 0.500. The highest BCUT2D eigenvalue weighted by Gasteiger charge is 2.08.